The van der Waals surface area contributed by atoms with Crippen LogP contribution in [0.2, 0.25) is 0 Å². The van der Waals surface area contributed by atoms with E-state index >= 15 is 0 Å². The highest BCUT2D eigenvalue weighted by Gasteiger charge is 2.33. The van der Waals surface area contributed by atoms with Gasteiger partial charge in [0.05, 0.1) is 0 Å². The first kappa shape index (κ1) is 16.7. The molecule has 0 amide bonds. The maximum absolute atomic E-state index is 11.2. The summed E-state index contributed by atoms with van der Waals surface area (Å²) in [6.07, 6.45) is 0.945. The lowest BCUT2D eigenvalue weighted by Crippen LogP contribution is -2.44. The molecule has 0 aliphatic heterocycles. The van der Waals surface area contributed by atoms with Gasteiger partial charge >= 0.3 is 5.97 Å². The average molecular weight is 277 g/mol. The zero-order valence-corrected chi connectivity index (χ0v) is 13.2. The molecule has 0 radical (unpaired) electrons. The number of hydrogen-bond donors (Lipinski definition) is 0. The van der Waals surface area contributed by atoms with Crippen molar-refractivity contribution in [2.24, 2.45) is 0 Å². The fourth-order valence-electron chi connectivity index (χ4n) is 2.54. The van der Waals surface area contributed by atoms with Crippen molar-refractivity contribution in [2.45, 2.75) is 39.5 Å². The Hall–Kier alpha value is -1.35. The van der Waals surface area contributed by atoms with Gasteiger partial charge in [-0.1, -0.05) is 51.1 Å². The number of hydrogen-bond acceptors (Lipinski definition) is 3. The van der Waals surface area contributed by atoms with Gasteiger partial charge in [0.1, 0.15) is 6.61 Å². The normalized spacial score (nSPS) is 14.1. The van der Waals surface area contributed by atoms with Gasteiger partial charge < -0.3 is 9.64 Å². The van der Waals surface area contributed by atoms with Crippen LogP contribution < -0.4 is 0 Å². The Balaban J connectivity index is 3.05. The van der Waals surface area contributed by atoms with Gasteiger partial charge in [-0.05, 0) is 25.1 Å². The molecule has 0 N–H and O–H groups in total. The predicted octanol–water partition coefficient (Wildman–Crippen LogP) is 3.24. The molecule has 20 heavy (non-hydrogen) atoms. The first-order valence-electron chi connectivity index (χ1n) is 7.49. The molecule has 0 aromatic heterocycles. The first-order valence-corrected chi connectivity index (χ1v) is 7.49. The molecular formula is C17H27NO2. The van der Waals surface area contributed by atoms with E-state index < -0.39 is 0 Å². The molecule has 1 aromatic rings. The number of rotatable bonds is 8. The van der Waals surface area contributed by atoms with E-state index in [1.54, 1.807) is 0 Å². The summed E-state index contributed by atoms with van der Waals surface area (Å²) in [4.78, 5) is 13.6. The molecular weight excluding hydrogens is 250 g/mol. The molecule has 1 rings (SSSR count). The molecule has 0 bridgehead atoms. The van der Waals surface area contributed by atoms with Gasteiger partial charge in [0.25, 0.3) is 0 Å². The third-order valence-corrected chi connectivity index (χ3v) is 4.04. The van der Waals surface area contributed by atoms with E-state index in [0.717, 1.165) is 26.1 Å². The van der Waals surface area contributed by atoms with Gasteiger partial charge in [-0.25, -0.2) is 0 Å². The number of carbonyl (C=O) groups excluding carboxylic acids is 1. The zero-order chi connectivity index (χ0) is 15.0. The lowest BCUT2D eigenvalue weighted by molar-refractivity contribution is -0.143. The number of likely N-dealkylation sites (N-methyl/N-ethyl adjacent to an activating group) is 1. The molecule has 3 heteroatoms. The monoisotopic (exact) mass is 277 g/mol. The SMILES string of the molecule is CCN(CC)CC(CC)(COC(C)=O)c1ccccc1. The summed E-state index contributed by atoms with van der Waals surface area (Å²) < 4.78 is 5.38. The maximum Gasteiger partial charge on any atom is 0.302 e. The fraction of sp³-hybridized carbons (Fsp3) is 0.588. The number of esters is 1. The van der Waals surface area contributed by atoms with Crippen molar-refractivity contribution in [3.63, 3.8) is 0 Å². The number of nitrogens with zero attached hydrogens (tertiary/aromatic N) is 1. The Labute approximate surface area is 122 Å². The van der Waals surface area contributed by atoms with Crippen LogP contribution in [0.5, 0.6) is 0 Å². The van der Waals surface area contributed by atoms with E-state index in [1.807, 2.05) is 6.07 Å². The van der Waals surface area contributed by atoms with Crippen molar-refractivity contribution >= 4 is 5.97 Å². The van der Waals surface area contributed by atoms with Crippen molar-refractivity contribution in [3.05, 3.63) is 35.9 Å². The van der Waals surface area contributed by atoms with Crippen LogP contribution in [-0.2, 0) is 14.9 Å². The van der Waals surface area contributed by atoms with Crippen molar-refractivity contribution in [3.8, 4) is 0 Å². The summed E-state index contributed by atoms with van der Waals surface area (Å²) in [7, 11) is 0. The Morgan fingerprint density at radius 3 is 2.20 bits per heavy atom. The second kappa shape index (κ2) is 8.05. The summed E-state index contributed by atoms with van der Waals surface area (Å²) in [6.45, 7) is 11.3. The molecule has 0 saturated carbocycles. The Kier molecular flexibility index (Phi) is 6.73. The van der Waals surface area contributed by atoms with Gasteiger partial charge in [-0.15, -0.1) is 0 Å². The number of ether oxygens (including phenoxy) is 1. The number of carbonyl (C=O) groups is 1. The minimum atomic E-state index is -0.210. The van der Waals surface area contributed by atoms with E-state index in [2.05, 4.69) is 49.9 Å². The summed E-state index contributed by atoms with van der Waals surface area (Å²) in [6, 6.07) is 10.4. The molecule has 3 nitrogen and oxygen atoms in total. The second-order valence-electron chi connectivity index (χ2n) is 5.24. The van der Waals surface area contributed by atoms with Crippen LogP contribution in [0, 0.1) is 0 Å². The Bertz CT molecular complexity index is 401. The summed E-state index contributed by atoms with van der Waals surface area (Å²) in [5, 5.41) is 0. The smallest absolute Gasteiger partial charge is 0.302 e. The van der Waals surface area contributed by atoms with Crippen molar-refractivity contribution in [1.29, 1.82) is 0 Å². The lowest BCUT2D eigenvalue weighted by Gasteiger charge is -2.37. The van der Waals surface area contributed by atoms with Crippen molar-refractivity contribution < 1.29 is 9.53 Å². The molecule has 0 fully saturated rings. The molecule has 1 atom stereocenters. The van der Waals surface area contributed by atoms with Gasteiger partial charge in [0.2, 0.25) is 0 Å². The van der Waals surface area contributed by atoms with Crippen LogP contribution in [0.15, 0.2) is 30.3 Å². The largest absolute Gasteiger partial charge is 0.465 e. The maximum atomic E-state index is 11.2. The van der Waals surface area contributed by atoms with Gasteiger partial charge in [0, 0.05) is 18.9 Å². The quantitative estimate of drug-likeness (QED) is 0.683. The van der Waals surface area contributed by atoms with Crippen LogP contribution in [-0.4, -0.2) is 37.1 Å². The molecule has 112 valence electrons. The summed E-state index contributed by atoms with van der Waals surface area (Å²) in [5.74, 6) is -0.210. The van der Waals surface area contributed by atoms with Crippen molar-refractivity contribution in [1.82, 2.24) is 4.90 Å². The highest BCUT2D eigenvalue weighted by Crippen LogP contribution is 2.30. The topological polar surface area (TPSA) is 29.5 Å². The highest BCUT2D eigenvalue weighted by molar-refractivity contribution is 5.66. The third kappa shape index (κ3) is 4.34. The second-order valence-corrected chi connectivity index (χ2v) is 5.24. The molecule has 0 aliphatic rings. The molecule has 1 aromatic carbocycles. The number of benzene rings is 1. The summed E-state index contributed by atoms with van der Waals surface area (Å²) >= 11 is 0. The van der Waals surface area contributed by atoms with Gasteiger partial charge in [0.15, 0.2) is 0 Å². The summed E-state index contributed by atoms with van der Waals surface area (Å²) in [5.41, 5.74) is 1.12. The molecule has 0 saturated heterocycles. The third-order valence-electron chi connectivity index (χ3n) is 4.04. The lowest BCUT2D eigenvalue weighted by atomic mass is 9.78. The fourth-order valence-corrected chi connectivity index (χ4v) is 2.54. The standard InChI is InChI=1S/C17H27NO2/c1-5-17(14-20-15(4)19,13-18(6-2)7-3)16-11-9-8-10-12-16/h8-12H,5-7,13-14H2,1-4H3. The van der Waals surface area contributed by atoms with E-state index in [9.17, 15) is 4.79 Å². The molecule has 0 spiro atoms. The Morgan fingerprint density at radius 2 is 1.75 bits per heavy atom. The minimum Gasteiger partial charge on any atom is -0.465 e. The minimum absolute atomic E-state index is 0.126. The molecule has 0 aliphatic carbocycles. The van der Waals surface area contributed by atoms with Crippen molar-refractivity contribution in [2.75, 3.05) is 26.2 Å². The average Bonchev–Trinajstić information content (AvgIpc) is 2.49. The van der Waals surface area contributed by atoms with E-state index in [-0.39, 0.29) is 11.4 Å². The highest BCUT2D eigenvalue weighted by atomic mass is 16.5. The van der Waals surface area contributed by atoms with E-state index in [1.165, 1.54) is 12.5 Å². The van der Waals surface area contributed by atoms with Crippen LogP contribution in [0.4, 0.5) is 0 Å². The zero-order valence-electron chi connectivity index (χ0n) is 13.2. The molecule has 0 heterocycles. The van der Waals surface area contributed by atoms with Crippen LogP contribution in [0.3, 0.4) is 0 Å². The molecule has 1 unspecified atom stereocenters. The van der Waals surface area contributed by atoms with Crippen LogP contribution >= 0.6 is 0 Å². The van der Waals surface area contributed by atoms with Crippen LogP contribution in [0.25, 0.3) is 0 Å². The van der Waals surface area contributed by atoms with E-state index in [4.69, 9.17) is 4.74 Å². The van der Waals surface area contributed by atoms with E-state index in [0.29, 0.717) is 6.61 Å². The Morgan fingerprint density at radius 1 is 1.15 bits per heavy atom. The predicted molar refractivity (Wildman–Crippen MR) is 82.8 cm³/mol. The first-order chi connectivity index (χ1) is 9.57. The van der Waals surface area contributed by atoms with Gasteiger partial charge in [-0.3, -0.25) is 4.79 Å². The van der Waals surface area contributed by atoms with Gasteiger partial charge in [-0.2, -0.15) is 0 Å². The van der Waals surface area contributed by atoms with Crippen LogP contribution in [0.1, 0.15) is 39.7 Å².